The Morgan fingerprint density at radius 3 is 2.50 bits per heavy atom. The highest BCUT2D eigenvalue weighted by Crippen LogP contribution is 2.50. The van der Waals surface area contributed by atoms with E-state index in [1.807, 2.05) is 13.0 Å². The maximum atomic E-state index is 5.91. The van der Waals surface area contributed by atoms with Crippen LogP contribution < -0.4 is 5.73 Å². The van der Waals surface area contributed by atoms with Crippen molar-refractivity contribution in [2.24, 2.45) is 5.73 Å². The molecule has 1 aromatic heterocycles. The summed E-state index contributed by atoms with van der Waals surface area (Å²) in [5, 5.41) is 0. The Hall–Kier alpha value is -0.760. The second-order valence-electron chi connectivity index (χ2n) is 3.86. The smallest absolute Gasteiger partial charge is 0.111 e. The Balaban J connectivity index is 2.30. The van der Waals surface area contributed by atoms with E-state index in [2.05, 4.69) is 13.0 Å². The molecule has 2 heteroatoms. The van der Waals surface area contributed by atoms with Crippen LogP contribution in [0.2, 0.25) is 0 Å². The van der Waals surface area contributed by atoms with E-state index >= 15 is 0 Å². The van der Waals surface area contributed by atoms with Crippen LogP contribution in [0.1, 0.15) is 31.3 Å². The van der Waals surface area contributed by atoms with Crippen LogP contribution in [-0.4, -0.2) is 6.04 Å². The number of hydrogen-bond acceptors (Lipinski definition) is 2. The van der Waals surface area contributed by atoms with Gasteiger partial charge in [0, 0.05) is 11.5 Å². The molecule has 1 saturated carbocycles. The van der Waals surface area contributed by atoms with Crippen LogP contribution >= 0.6 is 0 Å². The first-order valence-electron chi connectivity index (χ1n) is 4.48. The highest BCUT2D eigenvalue weighted by atomic mass is 16.3. The fourth-order valence-electron chi connectivity index (χ4n) is 1.76. The third-order valence-electron chi connectivity index (χ3n) is 2.89. The zero-order valence-corrected chi connectivity index (χ0v) is 7.63. The van der Waals surface area contributed by atoms with Crippen molar-refractivity contribution >= 4 is 0 Å². The Kier molecular flexibility index (Phi) is 1.55. The number of aryl methyl sites for hydroxylation is 1. The van der Waals surface area contributed by atoms with Gasteiger partial charge in [-0.05, 0) is 38.8 Å². The lowest BCUT2D eigenvalue weighted by molar-refractivity contribution is 0.401. The van der Waals surface area contributed by atoms with E-state index in [1.165, 1.54) is 12.8 Å². The van der Waals surface area contributed by atoms with Crippen molar-refractivity contribution in [1.82, 2.24) is 0 Å². The summed E-state index contributed by atoms with van der Waals surface area (Å²) in [5.74, 6) is 2.06. The van der Waals surface area contributed by atoms with Gasteiger partial charge in [0.25, 0.3) is 0 Å². The fourth-order valence-corrected chi connectivity index (χ4v) is 1.76. The molecule has 1 fully saturated rings. The third kappa shape index (κ3) is 0.985. The molecule has 1 unspecified atom stereocenters. The van der Waals surface area contributed by atoms with Gasteiger partial charge >= 0.3 is 0 Å². The van der Waals surface area contributed by atoms with Crippen molar-refractivity contribution < 1.29 is 4.42 Å². The highest BCUT2D eigenvalue weighted by Gasteiger charge is 2.49. The second kappa shape index (κ2) is 2.36. The number of furan rings is 1. The topological polar surface area (TPSA) is 39.2 Å². The summed E-state index contributed by atoms with van der Waals surface area (Å²) in [6.07, 6.45) is 2.36. The van der Waals surface area contributed by atoms with Crippen LogP contribution in [0.15, 0.2) is 16.5 Å². The zero-order valence-electron chi connectivity index (χ0n) is 7.63. The quantitative estimate of drug-likeness (QED) is 0.727. The van der Waals surface area contributed by atoms with Crippen LogP contribution in [0.5, 0.6) is 0 Å². The summed E-state index contributed by atoms with van der Waals surface area (Å²) in [6.45, 7) is 4.03. The van der Waals surface area contributed by atoms with E-state index in [0.717, 1.165) is 11.5 Å². The molecule has 1 aliphatic rings. The summed E-state index contributed by atoms with van der Waals surface area (Å²) < 4.78 is 5.59. The summed E-state index contributed by atoms with van der Waals surface area (Å²) in [7, 11) is 0. The fraction of sp³-hybridized carbons (Fsp3) is 0.600. The van der Waals surface area contributed by atoms with Crippen LogP contribution in [0.25, 0.3) is 0 Å². The van der Waals surface area contributed by atoms with E-state index < -0.39 is 0 Å². The first-order chi connectivity index (χ1) is 5.65. The Labute approximate surface area is 72.7 Å². The van der Waals surface area contributed by atoms with Crippen molar-refractivity contribution in [3.05, 3.63) is 23.7 Å². The normalized spacial score (nSPS) is 22.2. The number of hydrogen-bond donors (Lipinski definition) is 1. The van der Waals surface area contributed by atoms with E-state index in [9.17, 15) is 0 Å². The van der Waals surface area contributed by atoms with Crippen LogP contribution in [0.3, 0.4) is 0 Å². The molecule has 0 aliphatic heterocycles. The predicted octanol–water partition coefficient (Wildman–Crippen LogP) is 1.97. The van der Waals surface area contributed by atoms with Gasteiger partial charge in [-0.3, -0.25) is 0 Å². The molecular formula is C10H15NO. The van der Waals surface area contributed by atoms with Crippen molar-refractivity contribution in [1.29, 1.82) is 0 Å². The van der Waals surface area contributed by atoms with Gasteiger partial charge in [-0.15, -0.1) is 0 Å². The van der Waals surface area contributed by atoms with Crippen LogP contribution in [-0.2, 0) is 5.41 Å². The van der Waals surface area contributed by atoms with Crippen LogP contribution in [0.4, 0.5) is 0 Å². The Morgan fingerprint density at radius 1 is 1.50 bits per heavy atom. The molecule has 1 aliphatic carbocycles. The van der Waals surface area contributed by atoms with E-state index in [1.54, 1.807) is 0 Å². The molecule has 1 aromatic rings. The molecule has 0 radical (unpaired) electrons. The Bertz CT molecular complexity index is 284. The molecule has 1 heterocycles. The summed E-state index contributed by atoms with van der Waals surface area (Å²) in [4.78, 5) is 0. The van der Waals surface area contributed by atoms with E-state index in [0.29, 0.717) is 0 Å². The summed E-state index contributed by atoms with van der Waals surface area (Å²) in [6, 6.07) is 4.28. The maximum absolute atomic E-state index is 5.91. The van der Waals surface area contributed by atoms with Gasteiger partial charge in [0.05, 0.1) is 0 Å². The van der Waals surface area contributed by atoms with Gasteiger partial charge in [-0.25, -0.2) is 0 Å². The SMILES string of the molecule is Cc1ccc(C2(C(C)N)CC2)o1. The second-order valence-corrected chi connectivity index (χ2v) is 3.86. The van der Waals surface area contributed by atoms with Crippen molar-refractivity contribution in [2.45, 2.75) is 38.1 Å². The van der Waals surface area contributed by atoms with Gasteiger partial charge in [0.2, 0.25) is 0 Å². The Morgan fingerprint density at radius 2 is 2.17 bits per heavy atom. The molecule has 0 bridgehead atoms. The zero-order chi connectivity index (χ0) is 8.77. The van der Waals surface area contributed by atoms with Gasteiger partial charge in [-0.2, -0.15) is 0 Å². The standard InChI is InChI=1S/C10H15NO/c1-7-3-4-9(12-7)10(5-6-10)8(2)11/h3-4,8H,5-6,11H2,1-2H3. The lowest BCUT2D eigenvalue weighted by Gasteiger charge is -2.16. The molecule has 2 N–H and O–H groups in total. The molecule has 2 rings (SSSR count). The lowest BCUT2D eigenvalue weighted by Crippen LogP contribution is -2.31. The van der Waals surface area contributed by atoms with Crippen molar-refractivity contribution in [3.63, 3.8) is 0 Å². The van der Waals surface area contributed by atoms with Gasteiger partial charge in [-0.1, -0.05) is 0 Å². The van der Waals surface area contributed by atoms with Gasteiger partial charge < -0.3 is 10.2 Å². The minimum Gasteiger partial charge on any atom is -0.466 e. The first kappa shape index (κ1) is 7.87. The molecule has 0 spiro atoms. The van der Waals surface area contributed by atoms with Crippen molar-refractivity contribution in [3.8, 4) is 0 Å². The molecule has 66 valence electrons. The van der Waals surface area contributed by atoms with Gasteiger partial charge in [0.1, 0.15) is 11.5 Å². The lowest BCUT2D eigenvalue weighted by atomic mass is 9.96. The third-order valence-corrected chi connectivity index (χ3v) is 2.89. The molecule has 12 heavy (non-hydrogen) atoms. The van der Waals surface area contributed by atoms with E-state index in [4.69, 9.17) is 10.2 Å². The monoisotopic (exact) mass is 165 g/mol. The molecular weight excluding hydrogens is 150 g/mol. The molecule has 2 nitrogen and oxygen atoms in total. The average molecular weight is 165 g/mol. The van der Waals surface area contributed by atoms with Crippen molar-refractivity contribution in [2.75, 3.05) is 0 Å². The van der Waals surface area contributed by atoms with E-state index in [-0.39, 0.29) is 11.5 Å². The maximum Gasteiger partial charge on any atom is 0.111 e. The molecule has 1 atom stereocenters. The largest absolute Gasteiger partial charge is 0.466 e. The minimum absolute atomic E-state index is 0.175. The molecule has 0 amide bonds. The first-order valence-corrected chi connectivity index (χ1v) is 4.48. The summed E-state index contributed by atoms with van der Waals surface area (Å²) >= 11 is 0. The predicted molar refractivity (Wildman–Crippen MR) is 48.0 cm³/mol. The highest BCUT2D eigenvalue weighted by molar-refractivity contribution is 5.26. The summed E-state index contributed by atoms with van der Waals surface area (Å²) in [5.41, 5.74) is 6.09. The minimum atomic E-state index is 0.175. The van der Waals surface area contributed by atoms with Gasteiger partial charge in [0.15, 0.2) is 0 Å². The van der Waals surface area contributed by atoms with Crippen LogP contribution in [0, 0.1) is 6.92 Å². The molecule has 0 aromatic carbocycles. The number of rotatable bonds is 2. The average Bonchev–Trinajstić information content (AvgIpc) is 2.71. The molecule has 0 saturated heterocycles. The number of nitrogens with two attached hydrogens (primary N) is 1.